The highest BCUT2D eigenvalue weighted by molar-refractivity contribution is 5.60. The van der Waals surface area contributed by atoms with Crippen LogP contribution in [0.5, 0.6) is 5.75 Å². The van der Waals surface area contributed by atoms with Crippen LogP contribution in [0.3, 0.4) is 0 Å². The summed E-state index contributed by atoms with van der Waals surface area (Å²) in [6.07, 6.45) is 2.04. The van der Waals surface area contributed by atoms with Crippen molar-refractivity contribution >= 4 is 6.08 Å². The van der Waals surface area contributed by atoms with Gasteiger partial charge in [-0.1, -0.05) is 6.07 Å². The lowest BCUT2D eigenvalue weighted by molar-refractivity contribution is 0.474. The Hall–Kier alpha value is -1.44. The number of aromatic hydroxyl groups is 1. The quantitative estimate of drug-likeness (QED) is 0.608. The van der Waals surface area contributed by atoms with E-state index in [0.717, 1.165) is 17.8 Å². The fourth-order valence-electron chi connectivity index (χ4n) is 1.40. The lowest BCUT2D eigenvalue weighted by Gasteiger charge is -2.15. The first-order valence-corrected chi connectivity index (χ1v) is 4.00. The van der Waals surface area contributed by atoms with Crippen molar-refractivity contribution in [2.75, 3.05) is 0 Å². The molecule has 0 aromatic heterocycles. The normalized spacial score (nSPS) is 14.6. The van der Waals surface area contributed by atoms with Crippen molar-refractivity contribution in [1.29, 1.82) is 0 Å². The van der Waals surface area contributed by atoms with Gasteiger partial charge in [-0.25, -0.2) is 0 Å². The van der Waals surface area contributed by atoms with E-state index in [1.807, 2.05) is 19.1 Å². The van der Waals surface area contributed by atoms with Gasteiger partial charge in [0.25, 0.3) is 0 Å². The van der Waals surface area contributed by atoms with Crippen molar-refractivity contribution in [2.45, 2.75) is 13.5 Å². The zero-order chi connectivity index (χ0) is 8.55. The molecule has 0 aliphatic carbocycles. The van der Waals surface area contributed by atoms with Gasteiger partial charge in [-0.2, -0.15) is 0 Å². The van der Waals surface area contributed by atoms with Crippen molar-refractivity contribution in [1.82, 2.24) is 5.32 Å². The maximum absolute atomic E-state index is 9.22. The van der Waals surface area contributed by atoms with Crippen LogP contribution in [0.15, 0.2) is 23.9 Å². The second-order valence-corrected chi connectivity index (χ2v) is 3.06. The van der Waals surface area contributed by atoms with Crippen molar-refractivity contribution in [3.63, 3.8) is 0 Å². The number of hydrogen-bond acceptors (Lipinski definition) is 2. The van der Waals surface area contributed by atoms with E-state index in [9.17, 15) is 5.11 Å². The first-order valence-electron chi connectivity index (χ1n) is 4.00. The number of nitrogens with one attached hydrogen (secondary N) is 1. The predicted octanol–water partition coefficient (Wildman–Crippen LogP) is 1.86. The molecule has 2 rings (SSSR count). The molecule has 0 atom stereocenters. The number of benzene rings is 1. The molecule has 0 radical (unpaired) electrons. The van der Waals surface area contributed by atoms with Crippen molar-refractivity contribution < 1.29 is 5.11 Å². The smallest absolute Gasteiger partial charge is 0.116 e. The highest BCUT2D eigenvalue weighted by Crippen LogP contribution is 2.21. The molecule has 1 aliphatic rings. The molecule has 0 fully saturated rings. The van der Waals surface area contributed by atoms with Crippen LogP contribution >= 0.6 is 0 Å². The Balaban J connectivity index is 2.53. The molecule has 12 heavy (non-hydrogen) atoms. The zero-order valence-electron chi connectivity index (χ0n) is 6.96. The Morgan fingerprint density at radius 2 is 2.25 bits per heavy atom. The average Bonchev–Trinajstić information content (AvgIpc) is 2.03. The summed E-state index contributed by atoms with van der Waals surface area (Å²) >= 11 is 0. The topological polar surface area (TPSA) is 32.3 Å². The molecule has 1 heterocycles. The molecule has 62 valence electrons. The van der Waals surface area contributed by atoms with Gasteiger partial charge in [0.2, 0.25) is 0 Å². The summed E-state index contributed by atoms with van der Waals surface area (Å²) in [4.78, 5) is 0. The molecular formula is C10H11NO. The lowest BCUT2D eigenvalue weighted by Crippen LogP contribution is -2.15. The van der Waals surface area contributed by atoms with E-state index in [4.69, 9.17) is 0 Å². The minimum atomic E-state index is 0.333. The van der Waals surface area contributed by atoms with Crippen LogP contribution in [0.4, 0.5) is 0 Å². The summed E-state index contributed by atoms with van der Waals surface area (Å²) in [7, 11) is 0. The summed E-state index contributed by atoms with van der Waals surface area (Å²) < 4.78 is 0. The van der Waals surface area contributed by atoms with Crippen LogP contribution in [0.25, 0.3) is 6.08 Å². The maximum atomic E-state index is 9.22. The number of fused-ring (bicyclic) bond motifs is 1. The second kappa shape index (κ2) is 2.55. The average molecular weight is 161 g/mol. The van der Waals surface area contributed by atoms with E-state index >= 15 is 0 Å². The molecule has 1 aliphatic heterocycles. The van der Waals surface area contributed by atoms with Gasteiger partial charge in [0.15, 0.2) is 0 Å². The number of phenols is 1. The molecule has 0 amide bonds. The SMILES string of the molecule is CC1=Cc2cc(O)ccc2CN1. The minimum Gasteiger partial charge on any atom is -0.508 e. The van der Waals surface area contributed by atoms with Crippen molar-refractivity contribution in [2.24, 2.45) is 0 Å². The van der Waals surface area contributed by atoms with Crippen LogP contribution in [-0.2, 0) is 6.54 Å². The molecule has 0 saturated carbocycles. The van der Waals surface area contributed by atoms with Gasteiger partial charge < -0.3 is 10.4 Å². The summed E-state index contributed by atoms with van der Waals surface area (Å²) in [5.74, 6) is 0.333. The third-order valence-corrected chi connectivity index (χ3v) is 2.06. The summed E-state index contributed by atoms with van der Waals surface area (Å²) in [6.45, 7) is 2.88. The van der Waals surface area contributed by atoms with Crippen molar-refractivity contribution in [3.05, 3.63) is 35.0 Å². The fourth-order valence-corrected chi connectivity index (χ4v) is 1.40. The Labute approximate surface area is 71.5 Å². The Kier molecular flexibility index (Phi) is 1.54. The van der Waals surface area contributed by atoms with E-state index in [1.54, 1.807) is 12.1 Å². The Morgan fingerprint density at radius 3 is 3.08 bits per heavy atom. The van der Waals surface area contributed by atoms with E-state index in [0.29, 0.717) is 5.75 Å². The first-order chi connectivity index (χ1) is 5.75. The number of phenolic OH excluding ortho intramolecular Hbond substituents is 1. The van der Waals surface area contributed by atoms with Gasteiger partial charge in [-0.3, -0.25) is 0 Å². The number of hydrogen-bond donors (Lipinski definition) is 2. The predicted molar refractivity (Wildman–Crippen MR) is 48.6 cm³/mol. The van der Waals surface area contributed by atoms with E-state index in [2.05, 4.69) is 5.32 Å². The molecule has 0 spiro atoms. The largest absolute Gasteiger partial charge is 0.508 e. The molecule has 1 aromatic carbocycles. The molecule has 2 nitrogen and oxygen atoms in total. The van der Waals surface area contributed by atoms with E-state index in [1.165, 1.54) is 5.56 Å². The van der Waals surface area contributed by atoms with E-state index < -0.39 is 0 Å². The molecule has 1 aromatic rings. The maximum Gasteiger partial charge on any atom is 0.116 e. The molecule has 0 bridgehead atoms. The highest BCUT2D eigenvalue weighted by Gasteiger charge is 2.06. The number of allylic oxidation sites excluding steroid dienone is 1. The van der Waals surface area contributed by atoms with Crippen molar-refractivity contribution in [3.8, 4) is 5.75 Å². The van der Waals surface area contributed by atoms with Gasteiger partial charge in [0.05, 0.1) is 0 Å². The van der Waals surface area contributed by atoms with Gasteiger partial charge in [0, 0.05) is 12.2 Å². The fraction of sp³-hybridized carbons (Fsp3) is 0.200. The monoisotopic (exact) mass is 161 g/mol. The summed E-state index contributed by atoms with van der Waals surface area (Å²) in [5.41, 5.74) is 3.50. The van der Waals surface area contributed by atoms with Crippen LogP contribution in [0.2, 0.25) is 0 Å². The standard InChI is InChI=1S/C10H11NO/c1-7-4-9-5-10(12)3-2-8(9)6-11-7/h2-5,11-12H,6H2,1H3. The third kappa shape index (κ3) is 1.16. The summed E-state index contributed by atoms with van der Waals surface area (Å²) in [6, 6.07) is 5.45. The Morgan fingerprint density at radius 1 is 1.42 bits per heavy atom. The van der Waals surface area contributed by atoms with Crippen LogP contribution in [0, 0.1) is 0 Å². The second-order valence-electron chi connectivity index (χ2n) is 3.06. The van der Waals surface area contributed by atoms with Crippen LogP contribution in [0.1, 0.15) is 18.1 Å². The number of rotatable bonds is 0. The third-order valence-electron chi connectivity index (χ3n) is 2.06. The minimum absolute atomic E-state index is 0.333. The zero-order valence-corrected chi connectivity index (χ0v) is 6.96. The van der Waals surface area contributed by atoms with Gasteiger partial charge >= 0.3 is 0 Å². The molecular weight excluding hydrogens is 150 g/mol. The summed E-state index contributed by atoms with van der Waals surface area (Å²) in [5, 5.41) is 12.5. The molecule has 0 unspecified atom stereocenters. The Bertz CT molecular complexity index is 342. The van der Waals surface area contributed by atoms with Gasteiger partial charge in [0.1, 0.15) is 5.75 Å². The van der Waals surface area contributed by atoms with E-state index in [-0.39, 0.29) is 0 Å². The lowest BCUT2D eigenvalue weighted by atomic mass is 10.0. The van der Waals surface area contributed by atoms with Crippen LogP contribution < -0.4 is 5.32 Å². The van der Waals surface area contributed by atoms with Gasteiger partial charge in [-0.15, -0.1) is 0 Å². The molecule has 0 saturated heterocycles. The highest BCUT2D eigenvalue weighted by atomic mass is 16.3. The molecule has 2 heteroatoms. The molecule has 2 N–H and O–H groups in total. The van der Waals surface area contributed by atoms with Crippen LogP contribution in [-0.4, -0.2) is 5.11 Å². The first kappa shape index (κ1) is 7.22. The van der Waals surface area contributed by atoms with Gasteiger partial charge in [-0.05, 0) is 36.3 Å².